The van der Waals surface area contributed by atoms with Crippen LogP contribution >= 0.6 is 0 Å². The fraction of sp³-hybridized carbons (Fsp3) is 0.364. The van der Waals surface area contributed by atoms with E-state index < -0.39 is 0 Å². The third kappa shape index (κ3) is 2.00. The van der Waals surface area contributed by atoms with Crippen molar-refractivity contribution in [1.29, 1.82) is 5.26 Å². The number of nitrogens with zero attached hydrogens (tertiary/aromatic N) is 2. The monoisotopic (exact) mass is 172 g/mol. The molecule has 1 aliphatic carbocycles. The molecule has 1 aromatic rings. The summed E-state index contributed by atoms with van der Waals surface area (Å²) in [6.45, 7) is 0.889. The predicted molar refractivity (Wildman–Crippen MR) is 52.1 cm³/mol. The van der Waals surface area contributed by atoms with E-state index in [1.165, 1.54) is 12.8 Å². The molecule has 2 heteroatoms. The Morgan fingerprint density at radius 3 is 2.54 bits per heavy atom. The maximum Gasteiger partial charge on any atom is 0.184 e. The third-order valence-electron chi connectivity index (χ3n) is 2.33. The van der Waals surface area contributed by atoms with Crippen LogP contribution in [0.1, 0.15) is 12.8 Å². The molecular weight excluding hydrogens is 160 g/mol. The SMILES string of the molecule is N#CN(CC1CC1)c1ccccc1. The van der Waals surface area contributed by atoms with Gasteiger partial charge in [0.15, 0.2) is 6.19 Å². The Kier molecular flexibility index (Phi) is 2.18. The lowest BCUT2D eigenvalue weighted by atomic mass is 10.3. The molecule has 66 valence electrons. The molecule has 2 rings (SSSR count). The molecule has 0 N–H and O–H groups in total. The summed E-state index contributed by atoms with van der Waals surface area (Å²) in [6, 6.07) is 9.85. The Balaban J connectivity index is 2.08. The maximum absolute atomic E-state index is 8.93. The Bertz CT molecular complexity index is 309. The predicted octanol–water partition coefficient (Wildman–Crippen LogP) is 2.38. The lowest BCUT2D eigenvalue weighted by Crippen LogP contribution is -2.18. The summed E-state index contributed by atoms with van der Waals surface area (Å²) < 4.78 is 0. The van der Waals surface area contributed by atoms with Crippen molar-refractivity contribution in [2.75, 3.05) is 11.4 Å². The first-order valence-electron chi connectivity index (χ1n) is 4.62. The van der Waals surface area contributed by atoms with E-state index in [1.54, 1.807) is 4.90 Å². The molecular formula is C11H12N2. The van der Waals surface area contributed by atoms with Crippen LogP contribution in [-0.2, 0) is 0 Å². The van der Waals surface area contributed by atoms with E-state index in [9.17, 15) is 0 Å². The molecule has 13 heavy (non-hydrogen) atoms. The number of hydrogen-bond donors (Lipinski definition) is 0. The summed E-state index contributed by atoms with van der Waals surface area (Å²) in [5.74, 6) is 0.750. The molecule has 0 amide bonds. The van der Waals surface area contributed by atoms with Gasteiger partial charge in [-0.25, -0.2) is 0 Å². The standard InChI is InChI=1S/C11H12N2/c12-9-13(8-10-6-7-10)11-4-2-1-3-5-11/h1-5,10H,6-8H2. The fourth-order valence-corrected chi connectivity index (χ4v) is 1.37. The Hall–Kier alpha value is -1.49. The van der Waals surface area contributed by atoms with Crippen LogP contribution in [0.2, 0.25) is 0 Å². The van der Waals surface area contributed by atoms with Gasteiger partial charge in [0.2, 0.25) is 0 Å². The topological polar surface area (TPSA) is 27.0 Å². The first kappa shape index (κ1) is 8.12. The van der Waals surface area contributed by atoms with Crippen molar-refractivity contribution in [3.63, 3.8) is 0 Å². The minimum absolute atomic E-state index is 0.750. The van der Waals surface area contributed by atoms with Crippen molar-refractivity contribution >= 4 is 5.69 Å². The molecule has 1 aliphatic rings. The lowest BCUT2D eigenvalue weighted by molar-refractivity contribution is 0.815. The second-order valence-corrected chi connectivity index (χ2v) is 3.49. The van der Waals surface area contributed by atoms with Gasteiger partial charge in [-0.1, -0.05) is 18.2 Å². The van der Waals surface area contributed by atoms with Crippen molar-refractivity contribution in [3.8, 4) is 6.19 Å². The van der Waals surface area contributed by atoms with Gasteiger partial charge in [0, 0.05) is 6.54 Å². The molecule has 0 radical (unpaired) electrons. The first-order chi connectivity index (χ1) is 6.40. The summed E-state index contributed by atoms with van der Waals surface area (Å²) in [6.07, 6.45) is 4.79. The maximum atomic E-state index is 8.93. The highest BCUT2D eigenvalue weighted by atomic mass is 15.1. The molecule has 1 saturated carbocycles. The van der Waals surface area contributed by atoms with Crippen LogP contribution in [0.4, 0.5) is 5.69 Å². The Labute approximate surface area is 78.4 Å². The number of para-hydroxylation sites is 1. The second kappa shape index (κ2) is 3.49. The van der Waals surface area contributed by atoms with E-state index in [1.807, 2.05) is 30.3 Å². The minimum Gasteiger partial charge on any atom is -0.279 e. The number of benzene rings is 1. The highest BCUT2D eigenvalue weighted by Gasteiger charge is 2.24. The van der Waals surface area contributed by atoms with Crippen LogP contribution < -0.4 is 4.90 Å². The molecule has 0 atom stereocenters. The Morgan fingerprint density at radius 1 is 1.31 bits per heavy atom. The molecule has 0 unspecified atom stereocenters. The van der Waals surface area contributed by atoms with Crippen molar-refractivity contribution in [2.24, 2.45) is 5.92 Å². The number of rotatable bonds is 3. The zero-order valence-corrected chi connectivity index (χ0v) is 7.48. The molecule has 0 aliphatic heterocycles. The van der Waals surface area contributed by atoms with Gasteiger partial charge in [0.25, 0.3) is 0 Å². The van der Waals surface area contributed by atoms with Crippen LogP contribution in [0.15, 0.2) is 30.3 Å². The van der Waals surface area contributed by atoms with Crippen LogP contribution in [0.25, 0.3) is 0 Å². The number of hydrogen-bond acceptors (Lipinski definition) is 2. The highest BCUT2D eigenvalue weighted by Crippen LogP contribution is 2.30. The molecule has 1 aromatic carbocycles. The quantitative estimate of drug-likeness (QED) is 0.517. The molecule has 0 spiro atoms. The normalized spacial score (nSPS) is 15.0. The Morgan fingerprint density at radius 2 is 2.00 bits per heavy atom. The largest absolute Gasteiger partial charge is 0.279 e. The van der Waals surface area contributed by atoms with Crippen LogP contribution in [-0.4, -0.2) is 6.54 Å². The fourth-order valence-electron chi connectivity index (χ4n) is 1.37. The number of anilines is 1. The average Bonchev–Trinajstić information content (AvgIpc) is 2.99. The lowest BCUT2D eigenvalue weighted by Gasteiger charge is -2.14. The van der Waals surface area contributed by atoms with E-state index in [0.29, 0.717) is 0 Å². The first-order valence-corrected chi connectivity index (χ1v) is 4.62. The van der Waals surface area contributed by atoms with E-state index >= 15 is 0 Å². The van der Waals surface area contributed by atoms with E-state index in [-0.39, 0.29) is 0 Å². The van der Waals surface area contributed by atoms with E-state index in [2.05, 4.69) is 6.19 Å². The van der Waals surface area contributed by atoms with Crippen molar-refractivity contribution in [2.45, 2.75) is 12.8 Å². The average molecular weight is 172 g/mol. The van der Waals surface area contributed by atoms with E-state index in [4.69, 9.17) is 5.26 Å². The van der Waals surface area contributed by atoms with E-state index in [0.717, 1.165) is 18.2 Å². The zero-order valence-electron chi connectivity index (χ0n) is 7.48. The summed E-state index contributed by atoms with van der Waals surface area (Å²) >= 11 is 0. The third-order valence-corrected chi connectivity index (χ3v) is 2.33. The van der Waals surface area contributed by atoms with Crippen molar-refractivity contribution in [1.82, 2.24) is 0 Å². The van der Waals surface area contributed by atoms with Gasteiger partial charge < -0.3 is 0 Å². The van der Waals surface area contributed by atoms with Gasteiger partial charge in [-0.2, -0.15) is 5.26 Å². The summed E-state index contributed by atoms with van der Waals surface area (Å²) in [4.78, 5) is 1.78. The minimum atomic E-state index is 0.750. The number of nitriles is 1. The van der Waals surface area contributed by atoms with Gasteiger partial charge >= 0.3 is 0 Å². The molecule has 0 heterocycles. The van der Waals surface area contributed by atoms with Crippen molar-refractivity contribution < 1.29 is 0 Å². The van der Waals surface area contributed by atoms with Crippen molar-refractivity contribution in [3.05, 3.63) is 30.3 Å². The summed E-state index contributed by atoms with van der Waals surface area (Å²) in [5.41, 5.74) is 1.01. The molecule has 0 bridgehead atoms. The molecule has 0 aromatic heterocycles. The van der Waals surface area contributed by atoms with Crippen LogP contribution in [0.3, 0.4) is 0 Å². The van der Waals surface area contributed by atoms with Gasteiger partial charge in [-0.05, 0) is 30.9 Å². The highest BCUT2D eigenvalue weighted by molar-refractivity contribution is 5.49. The van der Waals surface area contributed by atoms with Crippen LogP contribution in [0.5, 0.6) is 0 Å². The molecule has 0 saturated heterocycles. The van der Waals surface area contributed by atoms with Crippen LogP contribution in [0, 0.1) is 17.4 Å². The summed E-state index contributed by atoms with van der Waals surface area (Å²) in [5, 5.41) is 8.93. The van der Waals surface area contributed by atoms with Gasteiger partial charge in [0.05, 0.1) is 5.69 Å². The summed E-state index contributed by atoms with van der Waals surface area (Å²) in [7, 11) is 0. The smallest absolute Gasteiger partial charge is 0.184 e. The second-order valence-electron chi connectivity index (χ2n) is 3.49. The van der Waals surface area contributed by atoms with Gasteiger partial charge in [-0.15, -0.1) is 0 Å². The van der Waals surface area contributed by atoms with Gasteiger partial charge in [0.1, 0.15) is 0 Å². The zero-order chi connectivity index (χ0) is 9.10. The molecule has 2 nitrogen and oxygen atoms in total. The van der Waals surface area contributed by atoms with Gasteiger partial charge in [-0.3, -0.25) is 4.90 Å². The molecule has 1 fully saturated rings.